The molecule has 6 nitrogen and oxygen atoms in total. The molecular formula is C51H98O6. The van der Waals surface area contributed by atoms with Crippen molar-refractivity contribution in [3.63, 3.8) is 0 Å². The van der Waals surface area contributed by atoms with Crippen molar-refractivity contribution in [3.05, 3.63) is 0 Å². The minimum Gasteiger partial charge on any atom is -0.462 e. The summed E-state index contributed by atoms with van der Waals surface area (Å²) in [5, 5.41) is 0. The van der Waals surface area contributed by atoms with Crippen molar-refractivity contribution in [1.82, 2.24) is 0 Å². The zero-order chi connectivity index (χ0) is 41.9. The molecule has 0 N–H and O–H groups in total. The summed E-state index contributed by atoms with van der Waals surface area (Å²) < 4.78 is 16.8. The van der Waals surface area contributed by atoms with Gasteiger partial charge in [0.2, 0.25) is 0 Å². The molecule has 0 bridgehead atoms. The molecule has 0 rings (SSSR count). The SMILES string of the molecule is CCCCCCCCCCCCCCCC(=O)OC[C@@H](COC(=O)CCCCCCCCCCC(C)CC)OC(=O)CCCCCCCCCCCCC(C)CC. The van der Waals surface area contributed by atoms with Gasteiger partial charge in [0.25, 0.3) is 0 Å². The molecule has 0 aromatic heterocycles. The quantitative estimate of drug-likeness (QED) is 0.0346. The van der Waals surface area contributed by atoms with E-state index in [1.165, 1.54) is 167 Å². The van der Waals surface area contributed by atoms with E-state index in [-0.39, 0.29) is 31.1 Å². The van der Waals surface area contributed by atoms with E-state index in [0.717, 1.165) is 69.6 Å². The predicted octanol–water partition coefficient (Wildman–Crippen LogP) is 16.1. The maximum Gasteiger partial charge on any atom is 0.306 e. The molecule has 338 valence electrons. The summed E-state index contributed by atoms with van der Waals surface area (Å²) in [6.45, 7) is 11.4. The number of carbonyl (C=O) groups excluding carboxylic acids is 3. The van der Waals surface area contributed by atoms with Gasteiger partial charge in [-0.25, -0.2) is 0 Å². The van der Waals surface area contributed by atoms with Gasteiger partial charge in [-0.15, -0.1) is 0 Å². The summed E-state index contributed by atoms with van der Waals surface area (Å²) >= 11 is 0. The first kappa shape index (κ1) is 55.4. The van der Waals surface area contributed by atoms with Gasteiger partial charge >= 0.3 is 17.9 Å². The summed E-state index contributed by atoms with van der Waals surface area (Å²) in [5.74, 6) is 0.864. The van der Waals surface area contributed by atoms with Crippen molar-refractivity contribution in [2.75, 3.05) is 13.2 Å². The molecule has 0 aliphatic heterocycles. The van der Waals surface area contributed by atoms with Crippen LogP contribution in [0.4, 0.5) is 0 Å². The number of rotatable bonds is 45. The predicted molar refractivity (Wildman–Crippen MR) is 243 cm³/mol. The number of carbonyl (C=O) groups is 3. The lowest BCUT2D eigenvalue weighted by Gasteiger charge is -2.18. The van der Waals surface area contributed by atoms with Gasteiger partial charge in [0.1, 0.15) is 13.2 Å². The average molecular weight is 807 g/mol. The Morgan fingerprint density at radius 3 is 0.912 bits per heavy atom. The lowest BCUT2D eigenvalue weighted by molar-refractivity contribution is -0.167. The topological polar surface area (TPSA) is 78.9 Å². The van der Waals surface area contributed by atoms with Gasteiger partial charge in [-0.05, 0) is 31.1 Å². The number of hydrogen-bond donors (Lipinski definition) is 0. The summed E-state index contributed by atoms with van der Waals surface area (Å²) in [7, 11) is 0. The van der Waals surface area contributed by atoms with Gasteiger partial charge in [0.15, 0.2) is 6.10 Å². The smallest absolute Gasteiger partial charge is 0.306 e. The van der Waals surface area contributed by atoms with E-state index in [9.17, 15) is 14.4 Å². The third-order valence-corrected chi connectivity index (χ3v) is 12.2. The molecule has 0 heterocycles. The van der Waals surface area contributed by atoms with Crippen molar-refractivity contribution in [2.24, 2.45) is 11.8 Å². The minimum atomic E-state index is -0.762. The second-order valence-corrected chi connectivity index (χ2v) is 17.9. The van der Waals surface area contributed by atoms with Crippen LogP contribution in [-0.2, 0) is 28.6 Å². The Bertz CT molecular complexity index is 874. The van der Waals surface area contributed by atoms with Crippen molar-refractivity contribution in [3.8, 4) is 0 Å². The Balaban J connectivity index is 4.34. The van der Waals surface area contributed by atoms with Gasteiger partial charge < -0.3 is 14.2 Å². The lowest BCUT2D eigenvalue weighted by Crippen LogP contribution is -2.30. The summed E-state index contributed by atoms with van der Waals surface area (Å²) in [4.78, 5) is 37.9. The van der Waals surface area contributed by atoms with E-state index >= 15 is 0 Å². The molecule has 0 aromatic rings. The van der Waals surface area contributed by atoms with Crippen LogP contribution in [0, 0.1) is 11.8 Å². The Morgan fingerprint density at radius 2 is 0.614 bits per heavy atom. The molecule has 57 heavy (non-hydrogen) atoms. The molecular weight excluding hydrogens is 709 g/mol. The van der Waals surface area contributed by atoms with E-state index in [1.54, 1.807) is 0 Å². The lowest BCUT2D eigenvalue weighted by atomic mass is 9.99. The zero-order valence-electron chi connectivity index (χ0n) is 39.0. The third-order valence-electron chi connectivity index (χ3n) is 12.2. The molecule has 2 unspecified atom stereocenters. The fourth-order valence-corrected chi connectivity index (χ4v) is 7.57. The van der Waals surface area contributed by atoms with Crippen LogP contribution in [-0.4, -0.2) is 37.2 Å². The number of unbranched alkanes of at least 4 members (excludes halogenated alkanes) is 28. The van der Waals surface area contributed by atoms with Gasteiger partial charge in [-0.2, -0.15) is 0 Å². The Morgan fingerprint density at radius 1 is 0.351 bits per heavy atom. The van der Waals surface area contributed by atoms with Crippen molar-refractivity contribution in [2.45, 2.75) is 285 Å². The molecule has 0 fully saturated rings. The van der Waals surface area contributed by atoms with Crippen LogP contribution < -0.4 is 0 Å². The third kappa shape index (κ3) is 42.3. The van der Waals surface area contributed by atoms with Crippen molar-refractivity contribution >= 4 is 17.9 Å². The summed E-state index contributed by atoms with van der Waals surface area (Å²) in [6, 6.07) is 0. The molecule has 0 aliphatic rings. The average Bonchev–Trinajstić information content (AvgIpc) is 3.21. The molecule has 6 heteroatoms. The van der Waals surface area contributed by atoms with Crippen LogP contribution in [0.3, 0.4) is 0 Å². The summed E-state index contributed by atoms with van der Waals surface area (Å²) in [5.41, 5.74) is 0. The van der Waals surface area contributed by atoms with E-state index in [0.29, 0.717) is 19.3 Å². The molecule has 0 amide bonds. The van der Waals surface area contributed by atoms with Crippen LogP contribution in [0.2, 0.25) is 0 Å². The van der Waals surface area contributed by atoms with E-state index in [4.69, 9.17) is 14.2 Å². The van der Waals surface area contributed by atoms with Gasteiger partial charge in [0.05, 0.1) is 0 Å². The largest absolute Gasteiger partial charge is 0.462 e. The minimum absolute atomic E-state index is 0.0642. The van der Waals surface area contributed by atoms with Crippen LogP contribution >= 0.6 is 0 Å². The fourth-order valence-electron chi connectivity index (χ4n) is 7.57. The highest BCUT2D eigenvalue weighted by Gasteiger charge is 2.19. The number of hydrogen-bond acceptors (Lipinski definition) is 6. The van der Waals surface area contributed by atoms with Crippen LogP contribution in [0.5, 0.6) is 0 Å². The Hall–Kier alpha value is -1.59. The highest BCUT2D eigenvalue weighted by atomic mass is 16.6. The zero-order valence-corrected chi connectivity index (χ0v) is 39.0. The van der Waals surface area contributed by atoms with Gasteiger partial charge in [-0.3, -0.25) is 14.4 Å². The van der Waals surface area contributed by atoms with E-state index < -0.39 is 6.10 Å². The molecule has 0 aromatic carbocycles. The van der Waals surface area contributed by atoms with Gasteiger partial charge in [-0.1, -0.05) is 240 Å². The molecule has 0 aliphatic carbocycles. The number of ether oxygens (including phenoxy) is 3. The Labute approximate surface area is 355 Å². The van der Waals surface area contributed by atoms with E-state index in [2.05, 4.69) is 34.6 Å². The van der Waals surface area contributed by atoms with Crippen molar-refractivity contribution in [1.29, 1.82) is 0 Å². The first-order valence-corrected chi connectivity index (χ1v) is 25.3. The highest BCUT2D eigenvalue weighted by Crippen LogP contribution is 2.18. The molecule has 0 saturated heterocycles. The van der Waals surface area contributed by atoms with Crippen molar-refractivity contribution < 1.29 is 28.6 Å². The number of esters is 3. The molecule has 3 atom stereocenters. The first-order chi connectivity index (χ1) is 27.8. The highest BCUT2D eigenvalue weighted by molar-refractivity contribution is 5.71. The normalized spacial score (nSPS) is 13.0. The second kappa shape index (κ2) is 44.0. The second-order valence-electron chi connectivity index (χ2n) is 17.9. The van der Waals surface area contributed by atoms with E-state index in [1.807, 2.05) is 0 Å². The standard InChI is InChI=1S/C51H98O6/c1-6-9-10-11-12-13-14-15-16-20-26-31-36-41-49(52)55-44-48(45-56-50(53)42-37-32-27-23-22-25-30-35-40-47(5)8-3)57-51(54)43-38-33-28-21-18-17-19-24-29-34-39-46(4)7-2/h46-48H,6-45H2,1-5H3/t46?,47?,48-/m0/s1. The first-order valence-electron chi connectivity index (χ1n) is 25.3. The van der Waals surface area contributed by atoms with Gasteiger partial charge in [0, 0.05) is 19.3 Å². The molecule has 0 radical (unpaired) electrons. The monoisotopic (exact) mass is 807 g/mol. The van der Waals surface area contributed by atoms with Crippen LogP contribution in [0.1, 0.15) is 279 Å². The summed E-state index contributed by atoms with van der Waals surface area (Å²) in [6.07, 6.45) is 43.6. The maximum absolute atomic E-state index is 12.8. The Kier molecular flexibility index (Phi) is 42.7. The fraction of sp³-hybridized carbons (Fsp3) is 0.941. The van der Waals surface area contributed by atoms with Crippen LogP contribution in [0.15, 0.2) is 0 Å². The maximum atomic E-state index is 12.8. The molecule has 0 saturated carbocycles. The van der Waals surface area contributed by atoms with Crippen LogP contribution in [0.25, 0.3) is 0 Å². The molecule has 0 spiro atoms.